The van der Waals surface area contributed by atoms with Crippen molar-refractivity contribution in [2.45, 2.75) is 71.3 Å². The Kier molecular flexibility index (Phi) is 12.0. The van der Waals surface area contributed by atoms with Crippen molar-refractivity contribution in [2.75, 3.05) is 65.4 Å². The molecule has 8 heteroatoms. The number of carbonyl (C=O) groups excluding carboxylic acids is 1. The molecule has 1 aliphatic carbocycles. The Balaban J connectivity index is 0.00000363. The summed E-state index contributed by atoms with van der Waals surface area (Å²) in [7, 11) is 0. The largest absolute Gasteiger partial charge is 0.357 e. The summed E-state index contributed by atoms with van der Waals surface area (Å²) in [5.74, 6) is 1.64. The molecule has 0 aromatic rings. The van der Waals surface area contributed by atoms with Crippen LogP contribution in [0.25, 0.3) is 0 Å². The van der Waals surface area contributed by atoms with Crippen molar-refractivity contribution in [3.63, 3.8) is 0 Å². The normalized spacial score (nSPS) is 22.0. The lowest BCUT2D eigenvalue weighted by Crippen LogP contribution is -2.52. The molecule has 0 atom stereocenters. The van der Waals surface area contributed by atoms with E-state index in [1.54, 1.807) is 0 Å². The zero-order valence-corrected chi connectivity index (χ0v) is 23.0. The molecule has 1 saturated carbocycles. The minimum absolute atomic E-state index is 0. The van der Waals surface area contributed by atoms with E-state index >= 15 is 0 Å². The van der Waals surface area contributed by atoms with Gasteiger partial charge in [-0.25, -0.2) is 0 Å². The summed E-state index contributed by atoms with van der Waals surface area (Å²) in [6.45, 7) is 16.4. The van der Waals surface area contributed by atoms with Crippen LogP contribution in [0, 0.1) is 5.92 Å². The topological polar surface area (TPSA) is 63.2 Å². The number of piperazine rings is 1. The van der Waals surface area contributed by atoms with Crippen LogP contribution in [0.15, 0.2) is 4.99 Å². The first-order chi connectivity index (χ1) is 15.0. The number of amides is 1. The highest BCUT2D eigenvalue weighted by molar-refractivity contribution is 14.0. The summed E-state index contributed by atoms with van der Waals surface area (Å²) in [5, 5.41) is 6.92. The average molecular weight is 563 g/mol. The number of nitrogens with zero attached hydrogens (tertiary/aromatic N) is 4. The minimum Gasteiger partial charge on any atom is -0.357 e. The maximum absolute atomic E-state index is 12.6. The number of nitrogens with one attached hydrogen (secondary N) is 2. The quantitative estimate of drug-likeness (QED) is 0.271. The molecule has 0 aromatic heterocycles. The number of hydrogen-bond donors (Lipinski definition) is 2. The predicted molar refractivity (Wildman–Crippen MR) is 144 cm³/mol. The lowest BCUT2D eigenvalue weighted by atomic mass is 9.99. The number of carbonyl (C=O) groups is 1. The second-order valence-corrected chi connectivity index (χ2v) is 10.1. The van der Waals surface area contributed by atoms with Crippen LogP contribution >= 0.6 is 24.0 Å². The van der Waals surface area contributed by atoms with Gasteiger partial charge >= 0.3 is 0 Å². The summed E-state index contributed by atoms with van der Waals surface area (Å²) in [5.41, 5.74) is 0.102. The summed E-state index contributed by atoms with van der Waals surface area (Å²) < 4.78 is 0. The maximum Gasteiger partial charge on any atom is 0.225 e. The maximum atomic E-state index is 12.6. The Labute approximate surface area is 213 Å². The first kappa shape index (κ1) is 27.6. The van der Waals surface area contributed by atoms with Crippen molar-refractivity contribution in [3.8, 4) is 0 Å². The van der Waals surface area contributed by atoms with E-state index in [0.717, 1.165) is 71.2 Å². The van der Waals surface area contributed by atoms with Gasteiger partial charge in [0.2, 0.25) is 5.91 Å². The van der Waals surface area contributed by atoms with Crippen molar-refractivity contribution < 1.29 is 4.79 Å². The van der Waals surface area contributed by atoms with Gasteiger partial charge in [-0.1, -0.05) is 19.3 Å². The van der Waals surface area contributed by atoms with E-state index in [1.807, 2.05) is 0 Å². The molecular formula is C24H47IN6O. The van der Waals surface area contributed by atoms with Crippen LogP contribution in [0.1, 0.15) is 65.7 Å². The van der Waals surface area contributed by atoms with Crippen LogP contribution in [0.2, 0.25) is 0 Å². The first-order valence-electron chi connectivity index (χ1n) is 12.8. The molecule has 0 radical (unpaired) electrons. The third-order valence-corrected chi connectivity index (χ3v) is 7.29. The van der Waals surface area contributed by atoms with E-state index in [-0.39, 0.29) is 29.5 Å². The molecule has 3 rings (SSSR count). The van der Waals surface area contributed by atoms with Gasteiger partial charge < -0.3 is 15.5 Å². The molecule has 1 amide bonds. The van der Waals surface area contributed by atoms with Crippen molar-refractivity contribution >= 4 is 35.8 Å². The number of piperidine rings is 1. The molecule has 2 N–H and O–H groups in total. The van der Waals surface area contributed by atoms with Crippen LogP contribution in [0.5, 0.6) is 0 Å². The first-order valence-corrected chi connectivity index (χ1v) is 12.8. The van der Waals surface area contributed by atoms with Gasteiger partial charge in [-0.15, -0.1) is 24.0 Å². The van der Waals surface area contributed by atoms with Gasteiger partial charge in [0.15, 0.2) is 5.96 Å². The molecule has 7 nitrogen and oxygen atoms in total. The number of guanidine groups is 1. The summed E-state index contributed by atoms with van der Waals surface area (Å²) in [6, 6.07) is 0. The van der Waals surface area contributed by atoms with E-state index < -0.39 is 0 Å². The Morgan fingerprint density at radius 1 is 0.938 bits per heavy atom. The molecule has 0 unspecified atom stereocenters. The van der Waals surface area contributed by atoms with E-state index in [4.69, 9.17) is 4.99 Å². The molecule has 0 bridgehead atoms. The third kappa shape index (κ3) is 8.31. The molecule has 3 fully saturated rings. The lowest BCUT2D eigenvalue weighted by Gasteiger charge is -2.40. The van der Waals surface area contributed by atoms with Crippen molar-refractivity contribution in [3.05, 3.63) is 0 Å². The second kappa shape index (κ2) is 13.9. The third-order valence-electron chi connectivity index (χ3n) is 7.29. The second-order valence-electron chi connectivity index (χ2n) is 10.1. The Bertz CT molecular complexity index is 579. The van der Waals surface area contributed by atoms with Crippen molar-refractivity contribution in [1.29, 1.82) is 0 Å². The molecular weight excluding hydrogens is 515 g/mol. The number of likely N-dealkylation sites (tertiary alicyclic amines) is 1. The lowest BCUT2D eigenvalue weighted by molar-refractivity contribution is -0.137. The van der Waals surface area contributed by atoms with Crippen LogP contribution in [0.4, 0.5) is 0 Å². The fourth-order valence-electron chi connectivity index (χ4n) is 5.17. The fourth-order valence-corrected chi connectivity index (χ4v) is 5.17. The van der Waals surface area contributed by atoms with E-state index in [0.29, 0.717) is 11.8 Å². The smallest absolute Gasteiger partial charge is 0.225 e. The molecule has 3 aliphatic rings. The molecule has 32 heavy (non-hydrogen) atoms. The zero-order chi connectivity index (χ0) is 22.1. The highest BCUT2D eigenvalue weighted by Gasteiger charge is 2.29. The van der Waals surface area contributed by atoms with E-state index in [1.165, 1.54) is 45.2 Å². The molecule has 0 aromatic carbocycles. The van der Waals surface area contributed by atoms with Gasteiger partial charge in [-0.3, -0.25) is 19.6 Å². The van der Waals surface area contributed by atoms with Gasteiger partial charge in [-0.2, -0.15) is 0 Å². The summed E-state index contributed by atoms with van der Waals surface area (Å²) in [4.78, 5) is 24.7. The number of aliphatic imine (C=N–C) groups is 1. The van der Waals surface area contributed by atoms with Gasteiger partial charge in [0.05, 0.1) is 6.54 Å². The monoisotopic (exact) mass is 562 g/mol. The molecule has 186 valence electrons. The van der Waals surface area contributed by atoms with Crippen LogP contribution in [-0.2, 0) is 4.79 Å². The van der Waals surface area contributed by atoms with Crippen LogP contribution in [-0.4, -0.2) is 97.6 Å². The van der Waals surface area contributed by atoms with E-state index in [9.17, 15) is 4.79 Å². The summed E-state index contributed by atoms with van der Waals surface area (Å²) >= 11 is 0. The van der Waals surface area contributed by atoms with Gasteiger partial charge in [0.25, 0.3) is 0 Å². The average Bonchev–Trinajstić information content (AvgIpc) is 3.33. The molecule has 2 saturated heterocycles. The van der Waals surface area contributed by atoms with Gasteiger partial charge in [0.1, 0.15) is 0 Å². The van der Waals surface area contributed by atoms with Crippen molar-refractivity contribution in [2.24, 2.45) is 10.9 Å². The molecule has 2 heterocycles. The van der Waals surface area contributed by atoms with Crippen molar-refractivity contribution in [1.82, 2.24) is 25.3 Å². The Hall–Kier alpha value is -0.610. The predicted octanol–water partition coefficient (Wildman–Crippen LogP) is 2.76. The van der Waals surface area contributed by atoms with E-state index in [2.05, 4.69) is 46.1 Å². The number of hydrogen-bond acceptors (Lipinski definition) is 4. The Morgan fingerprint density at radius 2 is 1.59 bits per heavy atom. The zero-order valence-electron chi connectivity index (χ0n) is 20.7. The molecule has 0 spiro atoms. The highest BCUT2D eigenvalue weighted by atomic mass is 127. The SMILES string of the molecule is CCNC(=NCC(C)(C)N1CCCCC1)NCCN1CCN(C(=O)C2CCCC2)CC1.I. The van der Waals surface area contributed by atoms with Gasteiger partial charge in [-0.05, 0) is 59.5 Å². The van der Waals surface area contributed by atoms with Gasteiger partial charge in [0, 0.05) is 57.3 Å². The molecule has 2 aliphatic heterocycles. The highest BCUT2D eigenvalue weighted by Crippen LogP contribution is 2.27. The van der Waals surface area contributed by atoms with Crippen LogP contribution < -0.4 is 10.6 Å². The van der Waals surface area contributed by atoms with Crippen LogP contribution in [0.3, 0.4) is 0 Å². The fraction of sp³-hybridized carbons (Fsp3) is 0.917. The Morgan fingerprint density at radius 3 is 2.22 bits per heavy atom. The standard InChI is InChI=1S/C24H46N6O.HI/c1-4-25-23(27-20-24(2,3)30-13-8-5-9-14-30)26-12-15-28-16-18-29(19-17-28)22(31)21-10-6-7-11-21;/h21H,4-20H2,1-3H3,(H2,25,26,27);1H. The number of rotatable bonds is 8. The summed E-state index contributed by atoms with van der Waals surface area (Å²) in [6.07, 6.45) is 8.65. The number of halogens is 1. The minimum atomic E-state index is 0.